The molecular weight excluding hydrogens is 244 g/mol. The van der Waals surface area contributed by atoms with Crippen LogP contribution in [0.4, 0.5) is 0 Å². The second kappa shape index (κ2) is 7.41. The van der Waals surface area contributed by atoms with Gasteiger partial charge in [0.15, 0.2) is 0 Å². The van der Waals surface area contributed by atoms with Gasteiger partial charge in [0.1, 0.15) is 5.75 Å². The van der Waals surface area contributed by atoms with Crippen molar-refractivity contribution in [2.45, 2.75) is 32.6 Å². The Bertz CT molecular complexity index is 458. The molecule has 1 aromatic rings. The van der Waals surface area contributed by atoms with E-state index in [4.69, 9.17) is 16.2 Å². The van der Waals surface area contributed by atoms with Crippen LogP contribution in [0.15, 0.2) is 18.2 Å². The molecule has 5 heteroatoms. The lowest BCUT2D eigenvalue weighted by atomic mass is 10.1. The third-order valence-corrected chi connectivity index (χ3v) is 2.79. The van der Waals surface area contributed by atoms with E-state index >= 15 is 0 Å². The predicted octanol–water partition coefficient (Wildman–Crippen LogP) is 1.84. The second-order valence-electron chi connectivity index (χ2n) is 4.35. The molecule has 4 N–H and O–H groups in total. The molecule has 0 saturated heterocycles. The Labute approximate surface area is 112 Å². The van der Waals surface area contributed by atoms with Crippen LogP contribution in [0.25, 0.3) is 0 Å². The number of amides is 2. The highest BCUT2D eigenvalue weighted by Gasteiger charge is 2.12. The van der Waals surface area contributed by atoms with Gasteiger partial charge in [0.05, 0.1) is 12.2 Å². The second-order valence-corrected chi connectivity index (χ2v) is 4.35. The predicted molar refractivity (Wildman–Crippen MR) is 73.1 cm³/mol. The van der Waals surface area contributed by atoms with Gasteiger partial charge in [0.25, 0.3) is 5.91 Å². The largest absolute Gasteiger partial charge is 0.493 e. The summed E-state index contributed by atoms with van der Waals surface area (Å²) < 4.78 is 5.53. The molecule has 0 radical (unpaired) electrons. The Morgan fingerprint density at radius 2 is 1.84 bits per heavy atom. The van der Waals surface area contributed by atoms with Crippen molar-refractivity contribution in [2.24, 2.45) is 11.5 Å². The number of nitrogens with two attached hydrogens (primary N) is 2. The summed E-state index contributed by atoms with van der Waals surface area (Å²) in [6, 6.07) is 4.39. The van der Waals surface area contributed by atoms with Crippen molar-refractivity contribution in [1.29, 1.82) is 0 Å². The van der Waals surface area contributed by atoms with Crippen molar-refractivity contribution in [3.63, 3.8) is 0 Å². The van der Waals surface area contributed by atoms with Gasteiger partial charge in [0.2, 0.25) is 5.91 Å². The van der Waals surface area contributed by atoms with Gasteiger partial charge in [-0.15, -0.1) is 0 Å². The molecule has 0 aliphatic heterocycles. The summed E-state index contributed by atoms with van der Waals surface area (Å²) in [6.07, 6.45) is 4.25. The van der Waals surface area contributed by atoms with Crippen LogP contribution < -0.4 is 16.2 Å². The van der Waals surface area contributed by atoms with E-state index in [1.165, 1.54) is 18.2 Å². The van der Waals surface area contributed by atoms with E-state index in [0.717, 1.165) is 25.7 Å². The minimum atomic E-state index is -0.584. The summed E-state index contributed by atoms with van der Waals surface area (Å²) in [7, 11) is 0. The molecule has 0 heterocycles. The molecule has 104 valence electrons. The summed E-state index contributed by atoms with van der Waals surface area (Å²) in [6.45, 7) is 2.62. The van der Waals surface area contributed by atoms with Gasteiger partial charge in [-0.3, -0.25) is 9.59 Å². The molecule has 0 unspecified atom stereocenters. The van der Waals surface area contributed by atoms with Gasteiger partial charge in [-0.25, -0.2) is 0 Å². The zero-order valence-electron chi connectivity index (χ0n) is 11.1. The number of hydrogen-bond donors (Lipinski definition) is 2. The van der Waals surface area contributed by atoms with Crippen molar-refractivity contribution in [3.05, 3.63) is 29.3 Å². The van der Waals surface area contributed by atoms with Crippen molar-refractivity contribution < 1.29 is 14.3 Å². The number of carbonyl (C=O) groups excluding carboxylic acids is 2. The lowest BCUT2D eigenvalue weighted by Crippen LogP contribution is -2.16. The van der Waals surface area contributed by atoms with Crippen LogP contribution in [0.5, 0.6) is 5.75 Å². The lowest BCUT2D eigenvalue weighted by Gasteiger charge is -2.10. The molecule has 0 saturated carbocycles. The Balaban J connectivity index is 2.74. The van der Waals surface area contributed by atoms with Crippen molar-refractivity contribution in [3.8, 4) is 5.75 Å². The van der Waals surface area contributed by atoms with Crippen LogP contribution in [0.1, 0.15) is 53.3 Å². The standard InChI is InChI=1S/C14H20N2O3/c1-2-3-4-5-8-19-12-9-10(13(15)17)6-7-11(12)14(16)18/h6-7,9H,2-5,8H2,1H3,(H2,15,17)(H2,16,18). The average molecular weight is 264 g/mol. The molecule has 0 atom stereocenters. The van der Waals surface area contributed by atoms with Gasteiger partial charge in [0, 0.05) is 5.56 Å². The van der Waals surface area contributed by atoms with Crippen LogP contribution in [0.3, 0.4) is 0 Å². The van der Waals surface area contributed by atoms with E-state index in [1.807, 2.05) is 0 Å². The number of unbranched alkanes of at least 4 members (excludes halogenated alkanes) is 3. The third-order valence-electron chi connectivity index (χ3n) is 2.79. The summed E-state index contributed by atoms with van der Waals surface area (Å²) >= 11 is 0. The van der Waals surface area contributed by atoms with Crippen LogP contribution >= 0.6 is 0 Å². The van der Waals surface area contributed by atoms with E-state index in [-0.39, 0.29) is 5.56 Å². The molecule has 0 aliphatic carbocycles. The summed E-state index contributed by atoms with van der Waals surface area (Å²) in [4.78, 5) is 22.4. The number of benzene rings is 1. The van der Waals surface area contributed by atoms with Gasteiger partial charge >= 0.3 is 0 Å². The van der Waals surface area contributed by atoms with Crippen molar-refractivity contribution in [2.75, 3.05) is 6.61 Å². The Hall–Kier alpha value is -2.04. The first-order chi connectivity index (χ1) is 9.06. The molecule has 1 rings (SSSR count). The molecular formula is C14H20N2O3. The highest BCUT2D eigenvalue weighted by Crippen LogP contribution is 2.20. The number of ether oxygens (including phenoxy) is 1. The average Bonchev–Trinajstić information content (AvgIpc) is 2.38. The lowest BCUT2D eigenvalue weighted by molar-refractivity contribution is 0.0984. The molecule has 0 bridgehead atoms. The summed E-state index contributed by atoms with van der Waals surface area (Å²) in [5.41, 5.74) is 11.0. The van der Waals surface area contributed by atoms with Gasteiger partial charge < -0.3 is 16.2 Å². The highest BCUT2D eigenvalue weighted by atomic mass is 16.5. The molecule has 0 aliphatic rings. The summed E-state index contributed by atoms with van der Waals surface area (Å²) in [5.74, 6) is -0.827. The monoisotopic (exact) mass is 264 g/mol. The van der Waals surface area contributed by atoms with Crippen molar-refractivity contribution >= 4 is 11.8 Å². The molecule has 1 aromatic carbocycles. The first kappa shape index (κ1) is 15.0. The minimum absolute atomic E-state index is 0.264. The quantitative estimate of drug-likeness (QED) is 0.701. The Morgan fingerprint density at radius 1 is 1.11 bits per heavy atom. The topological polar surface area (TPSA) is 95.4 Å². The minimum Gasteiger partial charge on any atom is -0.493 e. The molecule has 5 nitrogen and oxygen atoms in total. The fourth-order valence-electron chi connectivity index (χ4n) is 1.71. The van der Waals surface area contributed by atoms with Crippen LogP contribution in [-0.2, 0) is 0 Å². The van der Waals surface area contributed by atoms with Gasteiger partial charge in [-0.1, -0.05) is 26.2 Å². The number of carbonyl (C=O) groups is 2. The molecule has 0 spiro atoms. The smallest absolute Gasteiger partial charge is 0.252 e. The molecule has 19 heavy (non-hydrogen) atoms. The van der Waals surface area contributed by atoms with E-state index in [9.17, 15) is 9.59 Å². The van der Waals surface area contributed by atoms with E-state index in [0.29, 0.717) is 17.9 Å². The van der Waals surface area contributed by atoms with E-state index < -0.39 is 11.8 Å². The first-order valence-electron chi connectivity index (χ1n) is 6.42. The number of rotatable bonds is 8. The zero-order chi connectivity index (χ0) is 14.3. The molecule has 2 amide bonds. The highest BCUT2D eigenvalue weighted by molar-refractivity contribution is 5.99. The zero-order valence-corrected chi connectivity index (χ0v) is 11.1. The van der Waals surface area contributed by atoms with Gasteiger partial charge in [-0.2, -0.15) is 0 Å². The Morgan fingerprint density at radius 3 is 2.42 bits per heavy atom. The van der Waals surface area contributed by atoms with Crippen molar-refractivity contribution in [1.82, 2.24) is 0 Å². The Kier molecular flexibility index (Phi) is 5.85. The maximum absolute atomic E-state index is 11.3. The fourth-order valence-corrected chi connectivity index (χ4v) is 1.71. The number of primary amides is 2. The van der Waals surface area contributed by atoms with Gasteiger partial charge in [-0.05, 0) is 24.6 Å². The van der Waals surface area contributed by atoms with Crippen LogP contribution in [0, 0.1) is 0 Å². The van der Waals surface area contributed by atoms with E-state index in [2.05, 4.69) is 6.92 Å². The van der Waals surface area contributed by atoms with Crippen LogP contribution in [0.2, 0.25) is 0 Å². The SMILES string of the molecule is CCCCCCOc1cc(C(N)=O)ccc1C(N)=O. The van der Waals surface area contributed by atoms with E-state index in [1.54, 1.807) is 0 Å². The first-order valence-corrected chi connectivity index (χ1v) is 6.42. The normalized spacial score (nSPS) is 10.2. The maximum Gasteiger partial charge on any atom is 0.252 e. The summed E-state index contributed by atoms with van der Waals surface area (Å²) in [5, 5.41) is 0. The molecule has 0 aromatic heterocycles. The molecule has 0 fully saturated rings. The van der Waals surface area contributed by atoms with Crippen LogP contribution in [-0.4, -0.2) is 18.4 Å². The fraction of sp³-hybridized carbons (Fsp3) is 0.429. The third kappa shape index (κ3) is 4.62. The number of hydrogen-bond acceptors (Lipinski definition) is 3. The maximum atomic E-state index is 11.3.